The van der Waals surface area contributed by atoms with E-state index in [1.165, 1.54) is 0 Å². The Morgan fingerprint density at radius 2 is 2.07 bits per heavy atom. The van der Waals surface area contributed by atoms with Crippen molar-refractivity contribution in [2.45, 2.75) is 13.0 Å². The molecule has 0 bridgehead atoms. The second-order valence-corrected chi connectivity index (χ2v) is 8.45. The zero-order valence-electron chi connectivity index (χ0n) is 15.7. The number of anilines is 1. The Labute approximate surface area is 181 Å². The second-order valence-electron chi connectivity index (χ2n) is 6.56. The lowest BCUT2D eigenvalue weighted by Gasteiger charge is -2.30. The summed E-state index contributed by atoms with van der Waals surface area (Å²) in [6.45, 7) is 2.28. The SMILES string of the molecule is CCOc1ccccc1C(=O)N1CC(=O)Nc2ccc(Br)cc2C1c1cccs1. The number of thiophene rings is 1. The number of hydrogen-bond donors (Lipinski definition) is 1. The van der Waals surface area contributed by atoms with Gasteiger partial charge in [-0.3, -0.25) is 9.59 Å². The molecule has 7 heteroatoms. The number of halogens is 1. The Hall–Kier alpha value is -2.64. The van der Waals surface area contributed by atoms with Crippen LogP contribution in [0.5, 0.6) is 5.75 Å². The summed E-state index contributed by atoms with van der Waals surface area (Å²) in [5.74, 6) is 0.0503. The maximum atomic E-state index is 13.7. The minimum Gasteiger partial charge on any atom is -0.493 e. The third-order valence-electron chi connectivity index (χ3n) is 4.70. The number of hydrogen-bond acceptors (Lipinski definition) is 4. The van der Waals surface area contributed by atoms with Gasteiger partial charge in [0.1, 0.15) is 12.3 Å². The van der Waals surface area contributed by atoms with E-state index in [9.17, 15) is 9.59 Å². The Kier molecular flexibility index (Phi) is 5.69. The molecule has 1 unspecified atom stereocenters. The highest BCUT2D eigenvalue weighted by atomic mass is 79.9. The molecule has 0 saturated carbocycles. The van der Waals surface area contributed by atoms with Gasteiger partial charge in [-0.15, -0.1) is 11.3 Å². The highest BCUT2D eigenvalue weighted by Gasteiger charge is 2.35. The normalized spacial score (nSPS) is 16.0. The summed E-state index contributed by atoms with van der Waals surface area (Å²) in [5, 5.41) is 4.91. The summed E-state index contributed by atoms with van der Waals surface area (Å²) in [6.07, 6.45) is 0. The molecule has 0 radical (unpaired) electrons. The largest absolute Gasteiger partial charge is 0.493 e. The molecule has 1 atom stereocenters. The fourth-order valence-corrected chi connectivity index (χ4v) is 4.73. The fraction of sp³-hybridized carbons (Fsp3) is 0.182. The third-order valence-corrected chi connectivity index (χ3v) is 6.12. The summed E-state index contributed by atoms with van der Waals surface area (Å²) in [4.78, 5) is 28.9. The maximum Gasteiger partial charge on any atom is 0.258 e. The van der Waals surface area contributed by atoms with E-state index in [1.807, 2.05) is 48.7 Å². The minimum absolute atomic E-state index is 0.0475. The molecule has 4 rings (SSSR count). The van der Waals surface area contributed by atoms with E-state index in [2.05, 4.69) is 21.2 Å². The van der Waals surface area contributed by atoms with Gasteiger partial charge < -0.3 is 15.0 Å². The summed E-state index contributed by atoms with van der Waals surface area (Å²) in [5.41, 5.74) is 2.03. The van der Waals surface area contributed by atoms with Gasteiger partial charge in [-0.25, -0.2) is 0 Å². The summed E-state index contributed by atoms with van der Waals surface area (Å²) in [6, 6.07) is 16.4. The van der Waals surface area contributed by atoms with E-state index >= 15 is 0 Å². The van der Waals surface area contributed by atoms with Crippen LogP contribution in [0.15, 0.2) is 64.5 Å². The van der Waals surface area contributed by atoms with Crippen LogP contribution in [0, 0.1) is 0 Å². The molecule has 29 heavy (non-hydrogen) atoms. The van der Waals surface area contributed by atoms with Crippen LogP contribution in [0.25, 0.3) is 0 Å². The van der Waals surface area contributed by atoms with Gasteiger partial charge in [-0.05, 0) is 48.7 Å². The number of ether oxygens (including phenoxy) is 1. The molecule has 0 saturated heterocycles. The van der Waals surface area contributed by atoms with E-state index in [1.54, 1.807) is 34.4 Å². The number of nitrogens with zero attached hydrogens (tertiary/aromatic N) is 1. The quantitative estimate of drug-likeness (QED) is 0.577. The van der Waals surface area contributed by atoms with Crippen molar-refractivity contribution in [1.82, 2.24) is 4.90 Å². The number of rotatable bonds is 4. The highest BCUT2D eigenvalue weighted by molar-refractivity contribution is 9.10. The van der Waals surface area contributed by atoms with Crippen LogP contribution in [0.4, 0.5) is 5.69 Å². The van der Waals surface area contributed by atoms with Crippen LogP contribution in [-0.2, 0) is 4.79 Å². The van der Waals surface area contributed by atoms with Gasteiger partial charge in [0, 0.05) is 20.6 Å². The molecule has 5 nitrogen and oxygen atoms in total. The van der Waals surface area contributed by atoms with Crippen LogP contribution < -0.4 is 10.1 Å². The van der Waals surface area contributed by atoms with Crippen molar-refractivity contribution in [3.63, 3.8) is 0 Å². The molecule has 2 amide bonds. The fourth-order valence-electron chi connectivity index (χ4n) is 3.50. The van der Waals surface area contributed by atoms with Crippen LogP contribution in [-0.4, -0.2) is 29.9 Å². The van der Waals surface area contributed by atoms with Crippen molar-refractivity contribution in [3.8, 4) is 5.75 Å². The smallest absolute Gasteiger partial charge is 0.258 e. The molecule has 0 aliphatic carbocycles. The van der Waals surface area contributed by atoms with Crippen LogP contribution >= 0.6 is 27.3 Å². The van der Waals surface area contributed by atoms with Gasteiger partial charge in [-0.1, -0.05) is 34.1 Å². The van der Waals surface area contributed by atoms with E-state index in [-0.39, 0.29) is 24.4 Å². The van der Waals surface area contributed by atoms with E-state index in [0.717, 1.165) is 14.9 Å². The molecule has 0 spiro atoms. The topological polar surface area (TPSA) is 58.6 Å². The number of fused-ring (bicyclic) bond motifs is 1. The van der Waals surface area contributed by atoms with Crippen LogP contribution in [0.1, 0.15) is 33.8 Å². The van der Waals surface area contributed by atoms with Crippen molar-refractivity contribution in [3.05, 3.63) is 80.5 Å². The lowest BCUT2D eigenvalue weighted by Crippen LogP contribution is -2.38. The van der Waals surface area contributed by atoms with Crippen LogP contribution in [0.3, 0.4) is 0 Å². The van der Waals surface area contributed by atoms with Crippen molar-refractivity contribution >= 4 is 44.8 Å². The first-order chi connectivity index (χ1) is 14.1. The number of carbonyl (C=O) groups is 2. The summed E-state index contributed by atoms with van der Waals surface area (Å²) in [7, 11) is 0. The summed E-state index contributed by atoms with van der Waals surface area (Å²) < 4.78 is 6.55. The Morgan fingerprint density at radius 3 is 2.83 bits per heavy atom. The first kappa shape index (κ1) is 19.7. The Balaban J connectivity index is 1.86. The molecular weight excluding hydrogens is 452 g/mol. The molecule has 2 heterocycles. The van der Waals surface area contributed by atoms with Gasteiger partial charge in [0.2, 0.25) is 5.91 Å². The minimum atomic E-state index is -0.386. The van der Waals surface area contributed by atoms with E-state index < -0.39 is 0 Å². The number of para-hydroxylation sites is 1. The Morgan fingerprint density at radius 1 is 1.24 bits per heavy atom. The Bertz CT molecular complexity index is 1050. The molecule has 1 aliphatic heterocycles. The molecular formula is C22H19BrN2O3S. The summed E-state index contributed by atoms with van der Waals surface area (Å²) >= 11 is 5.08. The van der Waals surface area contributed by atoms with Crippen molar-refractivity contribution in [1.29, 1.82) is 0 Å². The molecule has 1 N–H and O–H groups in total. The number of nitrogens with one attached hydrogen (secondary N) is 1. The van der Waals surface area contributed by atoms with E-state index in [4.69, 9.17) is 4.74 Å². The number of carbonyl (C=O) groups excluding carboxylic acids is 2. The zero-order chi connectivity index (χ0) is 20.4. The number of amides is 2. The van der Waals surface area contributed by atoms with Gasteiger partial charge in [0.15, 0.2) is 0 Å². The molecule has 1 aromatic heterocycles. The van der Waals surface area contributed by atoms with Crippen molar-refractivity contribution in [2.75, 3.05) is 18.5 Å². The van der Waals surface area contributed by atoms with Crippen molar-refractivity contribution in [2.24, 2.45) is 0 Å². The molecule has 148 valence electrons. The average molecular weight is 471 g/mol. The molecule has 0 fully saturated rings. The van der Waals surface area contributed by atoms with Gasteiger partial charge in [-0.2, -0.15) is 0 Å². The first-order valence-electron chi connectivity index (χ1n) is 9.24. The lowest BCUT2D eigenvalue weighted by molar-refractivity contribution is -0.117. The second kappa shape index (κ2) is 8.39. The molecule has 1 aliphatic rings. The zero-order valence-corrected chi connectivity index (χ0v) is 18.1. The molecule has 2 aromatic carbocycles. The maximum absolute atomic E-state index is 13.7. The predicted octanol–water partition coefficient (Wildman–Crippen LogP) is 5.09. The first-order valence-corrected chi connectivity index (χ1v) is 10.9. The number of benzene rings is 2. The highest BCUT2D eigenvalue weighted by Crippen LogP contribution is 2.40. The van der Waals surface area contributed by atoms with Crippen molar-refractivity contribution < 1.29 is 14.3 Å². The van der Waals surface area contributed by atoms with Gasteiger partial charge >= 0.3 is 0 Å². The monoisotopic (exact) mass is 470 g/mol. The van der Waals surface area contributed by atoms with Gasteiger partial charge in [0.05, 0.1) is 18.2 Å². The predicted molar refractivity (Wildman–Crippen MR) is 118 cm³/mol. The lowest BCUT2D eigenvalue weighted by atomic mass is 10.0. The molecule has 3 aromatic rings. The third kappa shape index (κ3) is 3.93. The standard InChI is InChI=1S/C22H19BrN2O3S/c1-2-28-18-7-4-3-6-15(18)22(27)25-13-20(26)24-17-10-9-14(23)12-16(17)21(25)19-8-5-11-29-19/h3-12,21H,2,13H2,1H3,(H,24,26). The van der Waals surface area contributed by atoms with E-state index in [0.29, 0.717) is 23.6 Å². The van der Waals surface area contributed by atoms with Crippen LogP contribution in [0.2, 0.25) is 0 Å². The van der Waals surface area contributed by atoms with Gasteiger partial charge in [0.25, 0.3) is 5.91 Å². The average Bonchev–Trinajstić information content (AvgIpc) is 3.19.